The number of phenols is 1. The predicted molar refractivity (Wildman–Crippen MR) is 206 cm³/mol. The van der Waals surface area contributed by atoms with E-state index in [1.807, 2.05) is 4.90 Å². The van der Waals surface area contributed by atoms with Gasteiger partial charge in [-0.25, -0.2) is 8.78 Å². The van der Waals surface area contributed by atoms with Gasteiger partial charge in [-0.05, 0) is 94.1 Å². The molecule has 0 spiro atoms. The minimum atomic E-state index is -0.771. The van der Waals surface area contributed by atoms with Crippen LogP contribution < -0.4 is 15.0 Å². The predicted octanol–water partition coefficient (Wildman–Crippen LogP) is 5.86. The number of benzene rings is 2. The molecule has 4 saturated heterocycles. The standard InChI is InChI=1S/C42H45F2N7O4/c1-3-30-33(43)14-11-26-20-29(52)21-31(36(26)30)38-37(44)39-32(22-46-38)40(48-41(47-39)55-25-42-15-8-18-50(42)19-9-16-42)49-23-27-12-13-28(24-49)51(27)35(54)10-6-5-7-17-45-34(53)4-2/h1,4,11,14,20-22,27-28,52H,2,5-10,12-13,15-19,23-25H2,(H,45,53). The number of phenolic OH excluding ortho intramolecular Hbond substituents is 1. The van der Waals surface area contributed by atoms with Crippen molar-refractivity contribution in [2.75, 3.05) is 44.2 Å². The monoisotopic (exact) mass is 749 g/mol. The zero-order valence-corrected chi connectivity index (χ0v) is 30.8. The average Bonchev–Trinajstić information content (AvgIpc) is 3.85. The van der Waals surface area contributed by atoms with Crippen LogP contribution in [0.25, 0.3) is 32.9 Å². The van der Waals surface area contributed by atoms with Gasteiger partial charge in [0, 0.05) is 55.3 Å². The van der Waals surface area contributed by atoms with E-state index in [0.29, 0.717) is 49.3 Å². The number of nitrogens with zero attached hydrogens (tertiary/aromatic N) is 6. The average molecular weight is 750 g/mol. The summed E-state index contributed by atoms with van der Waals surface area (Å²) in [6.07, 6.45) is 17.2. The number of amides is 2. The smallest absolute Gasteiger partial charge is 0.319 e. The first-order chi connectivity index (χ1) is 26.7. The molecule has 11 nitrogen and oxygen atoms in total. The Bertz CT molecular complexity index is 2200. The first kappa shape index (κ1) is 36.6. The van der Waals surface area contributed by atoms with Crippen LogP contribution >= 0.6 is 0 Å². The van der Waals surface area contributed by atoms with E-state index < -0.39 is 11.6 Å². The maximum Gasteiger partial charge on any atom is 0.319 e. The number of carbonyl (C=O) groups is 2. The lowest BCUT2D eigenvalue weighted by Crippen LogP contribution is -2.56. The third kappa shape index (κ3) is 6.81. The van der Waals surface area contributed by atoms with Gasteiger partial charge < -0.3 is 25.0 Å². The first-order valence-corrected chi connectivity index (χ1v) is 19.3. The van der Waals surface area contributed by atoms with Gasteiger partial charge in [-0.2, -0.15) is 9.97 Å². The molecule has 6 heterocycles. The number of carbonyl (C=O) groups excluding carboxylic acids is 2. The summed E-state index contributed by atoms with van der Waals surface area (Å²) in [5, 5.41) is 14.5. The fourth-order valence-electron chi connectivity index (χ4n) is 9.40. The van der Waals surface area contributed by atoms with Crippen LogP contribution in [0.3, 0.4) is 0 Å². The topological polar surface area (TPSA) is 124 Å². The van der Waals surface area contributed by atoms with Crippen molar-refractivity contribution in [2.24, 2.45) is 0 Å². The second-order valence-corrected chi connectivity index (χ2v) is 15.3. The Morgan fingerprint density at radius 2 is 1.85 bits per heavy atom. The van der Waals surface area contributed by atoms with Gasteiger partial charge in [-0.3, -0.25) is 19.5 Å². The van der Waals surface area contributed by atoms with E-state index in [1.54, 1.807) is 0 Å². The largest absolute Gasteiger partial charge is 0.508 e. The number of terminal acetylenes is 1. The van der Waals surface area contributed by atoms with Crippen molar-refractivity contribution in [2.45, 2.75) is 81.8 Å². The molecule has 4 fully saturated rings. The lowest BCUT2D eigenvalue weighted by Gasteiger charge is -2.42. The van der Waals surface area contributed by atoms with Crippen molar-refractivity contribution >= 4 is 39.3 Å². The van der Waals surface area contributed by atoms with Crippen molar-refractivity contribution in [1.29, 1.82) is 0 Å². The molecule has 0 aliphatic carbocycles. The summed E-state index contributed by atoms with van der Waals surface area (Å²) in [6.45, 7) is 7.45. The molecule has 2 amide bonds. The van der Waals surface area contributed by atoms with Crippen molar-refractivity contribution in [1.82, 2.24) is 30.1 Å². The SMILES string of the molecule is C#Cc1c(F)ccc2cc(O)cc(-c3ncc4c(N5CC6CCC(C5)N6C(=O)CCCCCNC(=O)C=C)nc(OCC56CCCN5CCC6)nc4c3F)c12. The number of ether oxygens (including phenoxy) is 1. The van der Waals surface area contributed by atoms with Crippen LogP contribution in [0, 0.1) is 24.0 Å². The van der Waals surface area contributed by atoms with E-state index in [9.17, 15) is 19.1 Å². The number of anilines is 1. The third-order valence-electron chi connectivity index (χ3n) is 12.0. The van der Waals surface area contributed by atoms with E-state index in [-0.39, 0.29) is 68.9 Å². The van der Waals surface area contributed by atoms with Gasteiger partial charge in [0.25, 0.3) is 0 Å². The first-order valence-electron chi connectivity index (χ1n) is 19.3. The number of piperazine rings is 1. The van der Waals surface area contributed by atoms with Crippen LogP contribution in [-0.4, -0.2) is 98.6 Å². The minimum Gasteiger partial charge on any atom is -0.508 e. The fourth-order valence-corrected chi connectivity index (χ4v) is 9.40. The Kier molecular flexibility index (Phi) is 10.0. The maximum atomic E-state index is 17.1. The molecule has 2 unspecified atom stereocenters. The van der Waals surface area contributed by atoms with Crippen LogP contribution in [0.4, 0.5) is 14.6 Å². The maximum absolute atomic E-state index is 17.1. The zero-order valence-electron chi connectivity index (χ0n) is 30.8. The van der Waals surface area contributed by atoms with Gasteiger partial charge in [0.2, 0.25) is 11.8 Å². The van der Waals surface area contributed by atoms with Crippen molar-refractivity contribution in [3.05, 3.63) is 60.3 Å². The van der Waals surface area contributed by atoms with Crippen LogP contribution in [0.1, 0.15) is 69.8 Å². The second-order valence-electron chi connectivity index (χ2n) is 15.3. The van der Waals surface area contributed by atoms with Gasteiger partial charge in [0.15, 0.2) is 5.82 Å². The summed E-state index contributed by atoms with van der Waals surface area (Å²) >= 11 is 0. The number of halogens is 2. The Balaban J connectivity index is 1.11. The van der Waals surface area contributed by atoms with Crippen molar-refractivity contribution in [3.63, 3.8) is 0 Å². The highest BCUT2D eigenvalue weighted by molar-refractivity contribution is 6.03. The van der Waals surface area contributed by atoms with Gasteiger partial charge in [-0.1, -0.05) is 25.0 Å². The fraction of sp³-hybridized carbons (Fsp3) is 0.452. The van der Waals surface area contributed by atoms with Gasteiger partial charge >= 0.3 is 6.01 Å². The summed E-state index contributed by atoms with van der Waals surface area (Å²) < 4.78 is 38.5. The molecular formula is C42H45F2N7O4. The summed E-state index contributed by atoms with van der Waals surface area (Å²) in [6, 6.07) is 5.47. The Hall–Kier alpha value is -5.35. The van der Waals surface area contributed by atoms with Crippen molar-refractivity contribution < 1.29 is 28.2 Å². The minimum absolute atomic E-state index is 0.0116. The van der Waals surface area contributed by atoms with Crippen molar-refractivity contribution in [3.8, 4) is 35.4 Å². The van der Waals surface area contributed by atoms with E-state index in [2.05, 4.69) is 37.6 Å². The summed E-state index contributed by atoms with van der Waals surface area (Å²) in [5.74, 6) is 1.23. The second kappa shape index (κ2) is 15.1. The van der Waals surface area contributed by atoms with Crippen LogP contribution in [0.5, 0.6) is 11.8 Å². The Morgan fingerprint density at radius 3 is 2.58 bits per heavy atom. The lowest BCUT2D eigenvalue weighted by atomic mass is 9.95. The lowest BCUT2D eigenvalue weighted by molar-refractivity contribution is -0.134. The summed E-state index contributed by atoms with van der Waals surface area (Å²) in [5.41, 5.74) is -0.162. The van der Waals surface area contributed by atoms with Gasteiger partial charge in [0.05, 0.1) is 16.5 Å². The Morgan fingerprint density at radius 1 is 1.09 bits per heavy atom. The zero-order chi connectivity index (χ0) is 38.3. The molecule has 4 aliphatic rings. The van der Waals surface area contributed by atoms with Crippen LogP contribution in [-0.2, 0) is 9.59 Å². The number of aromatic nitrogens is 3. The molecule has 8 rings (SSSR count). The molecule has 55 heavy (non-hydrogen) atoms. The molecule has 13 heteroatoms. The number of rotatable bonds is 12. The number of nitrogens with one attached hydrogen (secondary N) is 1. The van der Waals surface area contributed by atoms with Gasteiger partial charge in [0.1, 0.15) is 35.2 Å². The third-order valence-corrected chi connectivity index (χ3v) is 12.0. The van der Waals surface area contributed by atoms with E-state index in [1.165, 1.54) is 36.5 Å². The number of pyridine rings is 1. The van der Waals surface area contributed by atoms with E-state index >= 15 is 4.39 Å². The molecule has 2 N–H and O–H groups in total. The highest BCUT2D eigenvalue weighted by atomic mass is 19.1. The molecule has 2 bridgehead atoms. The number of aromatic hydroxyl groups is 1. The molecule has 286 valence electrons. The molecule has 0 saturated carbocycles. The molecule has 2 aromatic heterocycles. The number of hydrogen-bond donors (Lipinski definition) is 2. The summed E-state index contributed by atoms with van der Waals surface area (Å²) in [7, 11) is 0. The van der Waals surface area contributed by atoms with E-state index in [0.717, 1.165) is 70.9 Å². The molecular weight excluding hydrogens is 705 g/mol. The quantitative estimate of drug-likeness (QED) is 0.104. The molecule has 4 aliphatic heterocycles. The normalized spacial score (nSPS) is 20.2. The van der Waals surface area contributed by atoms with Gasteiger partial charge in [-0.15, -0.1) is 6.42 Å². The van der Waals surface area contributed by atoms with Crippen LogP contribution in [0.15, 0.2) is 43.1 Å². The molecule has 2 atom stereocenters. The number of hydrogen-bond acceptors (Lipinski definition) is 9. The Labute approximate surface area is 318 Å². The number of fused-ring (bicyclic) bond motifs is 5. The highest BCUT2D eigenvalue weighted by Gasteiger charge is 2.46. The highest BCUT2D eigenvalue weighted by Crippen LogP contribution is 2.42. The molecule has 2 aromatic carbocycles. The number of unbranched alkanes of at least 4 members (excludes halogenated alkanes) is 2. The molecule has 4 aromatic rings. The van der Waals surface area contributed by atoms with Crippen LogP contribution in [0.2, 0.25) is 0 Å². The summed E-state index contributed by atoms with van der Waals surface area (Å²) in [4.78, 5) is 45.6. The molecule has 0 radical (unpaired) electrons. The van der Waals surface area contributed by atoms with E-state index in [4.69, 9.17) is 16.1 Å².